The lowest BCUT2D eigenvalue weighted by Crippen LogP contribution is -2.28. The van der Waals surface area contributed by atoms with Crippen LogP contribution in [0, 0.1) is 0 Å². The number of para-hydroxylation sites is 1. The molecule has 0 aliphatic carbocycles. The van der Waals surface area contributed by atoms with Gasteiger partial charge in [-0.3, -0.25) is 4.79 Å². The summed E-state index contributed by atoms with van der Waals surface area (Å²) in [4.78, 5) is 12.6. The van der Waals surface area contributed by atoms with Crippen LogP contribution >= 0.6 is 0 Å². The molecule has 0 heterocycles. The van der Waals surface area contributed by atoms with Crippen LogP contribution < -0.4 is 5.32 Å². The van der Waals surface area contributed by atoms with Gasteiger partial charge < -0.3 is 5.32 Å². The fraction of sp³-hybridized carbons (Fsp3) is 0.350. The molecule has 1 amide bonds. The standard InChI is InChI=1S/C20H26N2O3S/c1-4-6-15-22(3)26(24,25)18-13-11-17(12-14-18)20(23)21-19-10-8-7-9-16(19)5-2/h7-14H,4-6,15H2,1-3H3,(H,21,23). The van der Waals surface area contributed by atoms with Gasteiger partial charge in [0.05, 0.1) is 4.90 Å². The van der Waals surface area contributed by atoms with Gasteiger partial charge in [-0.05, 0) is 48.7 Å². The number of sulfonamides is 1. The van der Waals surface area contributed by atoms with Crippen LogP contribution in [0.15, 0.2) is 53.4 Å². The predicted molar refractivity (Wildman–Crippen MR) is 105 cm³/mol. The molecule has 0 saturated carbocycles. The van der Waals surface area contributed by atoms with Crippen molar-refractivity contribution in [3.05, 3.63) is 59.7 Å². The number of carbonyl (C=O) groups excluding carboxylic acids is 1. The van der Waals surface area contributed by atoms with Gasteiger partial charge in [0.15, 0.2) is 0 Å². The summed E-state index contributed by atoms with van der Waals surface area (Å²) in [5.41, 5.74) is 2.25. The molecule has 0 aliphatic rings. The molecule has 2 aromatic carbocycles. The summed E-state index contributed by atoms with van der Waals surface area (Å²) in [6.07, 6.45) is 2.56. The van der Waals surface area contributed by atoms with E-state index in [0.29, 0.717) is 12.1 Å². The maximum atomic E-state index is 12.5. The van der Waals surface area contributed by atoms with Crippen molar-refractivity contribution in [2.45, 2.75) is 38.0 Å². The fourth-order valence-corrected chi connectivity index (χ4v) is 3.81. The third-order valence-electron chi connectivity index (χ3n) is 4.30. The van der Waals surface area contributed by atoms with Crippen molar-refractivity contribution in [2.24, 2.45) is 0 Å². The van der Waals surface area contributed by atoms with Gasteiger partial charge in [-0.15, -0.1) is 0 Å². The molecule has 1 N–H and O–H groups in total. The molecule has 2 rings (SSSR count). The van der Waals surface area contributed by atoms with Crippen molar-refractivity contribution in [1.29, 1.82) is 0 Å². The molecule has 0 saturated heterocycles. The molecule has 0 spiro atoms. The van der Waals surface area contributed by atoms with Crippen LogP contribution in [0.4, 0.5) is 5.69 Å². The number of nitrogens with zero attached hydrogens (tertiary/aromatic N) is 1. The maximum absolute atomic E-state index is 12.5. The first-order valence-corrected chi connectivity index (χ1v) is 10.3. The minimum Gasteiger partial charge on any atom is -0.322 e. The Morgan fingerprint density at radius 1 is 1.04 bits per heavy atom. The van der Waals surface area contributed by atoms with E-state index in [4.69, 9.17) is 0 Å². The summed E-state index contributed by atoms with van der Waals surface area (Å²) in [6, 6.07) is 13.7. The van der Waals surface area contributed by atoms with Crippen molar-refractivity contribution in [3.63, 3.8) is 0 Å². The van der Waals surface area contributed by atoms with Gasteiger partial charge >= 0.3 is 0 Å². The molecule has 5 nitrogen and oxygen atoms in total. The number of hydrogen-bond donors (Lipinski definition) is 1. The van der Waals surface area contributed by atoms with Gasteiger partial charge in [-0.1, -0.05) is 38.5 Å². The Morgan fingerprint density at radius 3 is 2.31 bits per heavy atom. The quantitative estimate of drug-likeness (QED) is 0.761. The van der Waals surface area contributed by atoms with Crippen LogP contribution in [-0.2, 0) is 16.4 Å². The zero-order valence-corrected chi connectivity index (χ0v) is 16.3. The second-order valence-electron chi connectivity index (χ2n) is 6.17. The third-order valence-corrected chi connectivity index (χ3v) is 6.17. The molecule has 0 fully saturated rings. The van der Waals surface area contributed by atoms with Crippen LogP contribution in [0.2, 0.25) is 0 Å². The Labute approximate surface area is 156 Å². The first kappa shape index (κ1) is 20.1. The Morgan fingerprint density at radius 2 is 1.69 bits per heavy atom. The summed E-state index contributed by atoms with van der Waals surface area (Å²) in [5, 5.41) is 2.89. The van der Waals surface area contributed by atoms with Crippen molar-refractivity contribution < 1.29 is 13.2 Å². The lowest BCUT2D eigenvalue weighted by molar-refractivity contribution is 0.102. The Kier molecular flexibility index (Phi) is 6.94. The van der Waals surface area contributed by atoms with Crippen LogP contribution in [-0.4, -0.2) is 32.2 Å². The third kappa shape index (κ3) is 4.71. The zero-order chi connectivity index (χ0) is 19.2. The highest BCUT2D eigenvalue weighted by molar-refractivity contribution is 7.89. The molecule has 0 unspecified atom stereocenters. The number of unbranched alkanes of at least 4 members (excludes halogenated alkanes) is 1. The van der Waals surface area contributed by atoms with Crippen molar-refractivity contribution in [2.75, 3.05) is 18.9 Å². The normalized spacial score (nSPS) is 11.5. The molecular formula is C20H26N2O3S. The van der Waals surface area contributed by atoms with E-state index < -0.39 is 10.0 Å². The van der Waals surface area contributed by atoms with Crippen molar-refractivity contribution in [1.82, 2.24) is 4.31 Å². The second kappa shape index (κ2) is 8.96. The molecule has 2 aromatic rings. The minimum absolute atomic E-state index is 0.196. The first-order valence-electron chi connectivity index (χ1n) is 8.85. The average molecular weight is 375 g/mol. The molecule has 0 atom stereocenters. The largest absolute Gasteiger partial charge is 0.322 e. The molecular weight excluding hydrogens is 348 g/mol. The number of anilines is 1. The van der Waals surface area contributed by atoms with Gasteiger partial charge in [0, 0.05) is 24.8 Å². The minimum atomic E-state index is -3.52. The highest BCUT2D eigenvalue weighted by Crippen LogP contribution is 2.19. The number of aryl methyl sites for hydroxylation is 1. The lowest BCUT2D eigenvalue weighted by Gasteiger charge is -2.17. The monoisotopic (exact) mass is 374 g/mol. The summed E-state index contributed by atoms with van der Waals surface area (Å²) in [5.74, 6) is -0.255. The zero-order valence-electron chi connectivity index (χ0n) is 15.5. The SMILES string of the molecule is CCCCN(C)S(=O)(=O)c1ccc(C(=O)Nc2ccccc2CC)cc1. The van der Waals surface area contributed by atoms with Crippen LogP contribution in [0.3, 0.4) is 0 Å². The average Bonchev–Trinajstić information content (AvgIpc) is 2.66. The first-order chi connectivity index (χ1) is 12.4. The summed E-state index contributed by atoms with van der Waals surface area (Å²) in [6.45, 7) is 4.53. The van der Waals surface area contributed by atoms with E-state index in [1.165, 1.54) is 16.4 Å². The highest BCUT2D eigenvalue weighted by atomic mass is 32.2. The van der Waals surface area contributed by atoms with Gasteiger partial charge in [0.25, 0.3) is 5.91 Å². The van der Waals surface area contributed by atoms with E-state index in [9.17, 15) is 13.2 Å². The van der Waals surface area contributed by atoms with E-state index in [1.54, 1.807) is 19.2 Å². The van der Waals surface area contributed by atoms with Crippen LogP contribution in [0.1, 0.15) is 42.6 Å². The molecule has 0 bridgehead atoms. The maximum Gasteiger partial charge on any atom is 0.255 e. The van der Waals surface area contributed by atoms with Gasteiger partial charge in [0.1, 0.15) is 0 Å². The van der Waals surface area contributed by atoms with E-state index in [1.807, 2.05) is 38.1 Å². The van der Waals surface area contributed by atoms with Gasteiger partial charge in [0.2, 0.25) is 10.0 Å². The fourth-order valence-electron chi connectivity index (χ4n) is 2.60. The molecule has 26 heavy (non-hydrogen) atoms. The number of nitrogens with one attached hydrogen (secondary N) is 1. The predicted octanol–water partition coefficient (Wildman–Crippen LogP) is 3.92. The van der Waals surface area contributed by atoms with E-state index in [2.05, 4.69) is 5.32 Å². The van der Waals surface area contributed by atoms with Crippen LogP contribution in [0.25, 0.3) is 0 Å². The van der Waals surface area contributed by atoms with Crippen molar-refractivity contribution in [3.8, 4) is 0 Å². The van der Waals surface area contributed by atoms with E-state index in [-0.39, 0.29) is 10.8 Å². The second-order valence-corrected chi connectivity index (χ2v) is 8.21. The summed E-state index contributed by atoms with van der Waals surface area (Å²) >= 11 is 0. The number of hydrogen-bond acceptors (Lipinski definition) is 3. The molecule has 0 aromatic heterocycles. The summed E-state index contributed by atoms with van der Waals surface area (Å²) < 4.78 is 26.4. The lowest BCUT2D eigenvalue weighted by atomic mass is 10.1. The molecule has 140 valence electrons. The van der Waals surface area contributed by atoms with E-state index in [0.717, 1.165) is 30.5 Å². The molecule has 0 aliphatic heterocycles. The summed E-state index contributed by atoms with van der Waals surface area (Å²) in [7, 11) is -1.94. The highest BCUT2D eigenvalue weighted by Gasteiger charge is 2.20. The topological polar surface area (TPSA) is 66.5 Å². The Hall–Kier alpha value is -2.18. The van der Waals surface area contributed by atoms with Gasteiger partial charge in [-0.25, -0.2) is 12.7 Å². The van der Waals surface area contributed by atoms with E-state index >= 15 is 0 Å². The Balaban J connectivity index is 2.15. The van der Waals surface area contributed by atoms with Gasteiger partial charge in [-0.2, -0.15) is 0 Å². The Bertz CT molecular complexity index is 846. The molecule has 0 radical (unpaired) electrons. The van der Waals surface area contributed by atoms with Crippen LogP contribution in [0.5, 0.6) is 0 Å². The van der Waals surface area contributed by atoms with Crippen molar-refractivity contribution >= 4 is 21.6 Å². The number of rotatable bonds is 8. The number of amides is 1. The molecule has 6 heteroatoms. The smallest absolute Gasteiger partial charge is 0.255 e. The number of carbonyl (C=O) groups is 1. The number of benzene rings is 2.